The summed E-state index contributed by atoms with van der Waals surface area (Å²) in [5, 5.41) is 12.1. The predicted molar refractivity (Wildman–Crippen MR) is 37.3 cm³/mol. The summed E-state index contributed by atoms with van der Waals surface area (Å²) in [6, 6.07) is 0.384. The molecule has 1 heterocycles. The normalized spacial score (nSPS) is 35.3. The van der Waals surface area contributed by atoms with Gasteiger partial charge in [0.05, 0.1) is 6.61 Å². The van der Waals surface area contributed by atoms with Crippen molar-refractivity contribution in [1.82, 2.24) is 5.32 Å². The van der Waals surface area contributed by atoms with Gasteiger partial charge in [-0.1, -0.05) is 13.3 Å². The molecule has 2 N–H and O–H groups in total. The minimum absolute atomic E-state index is 0.304. The SMILES string of the molecule is CC[C@H]1CCN[C@@H]1CO. The zero-order valence-corrected chi connectivity index (χ0v) is 5.93. The molecular formula is C7H15NO. The third kappa shape index (κ3) is 1.43. The molecule has 54 valence electrons. The van der Waals surface area contributed by atoms with Gasteiger partial charge in [0.25, 0.3) is 0 Å². The third-order valence-corrected chi connectivity index (χ3v) is 2.21. The molecule has 0 spiro atoms. The van der Waals surface area contributed by atoms with Crippen LogP contribution in [0.15, 0.2) is 0 Å². The van der Waals surface area contributed by atoms with Crippen LogP contribution in [0.3, 0.4) is 0 Å². The van der Waals surface area contributed by atoms with Crippen LogP contribution >= 0.6 is 0 Å². The van der Waals surface area contributed by atoms with Crippen LogP contribution in [0.2, 0.25) is 0 Å². The Bertz CT molecular complexity index is 75.0. The van der Waals surface area contributed by atoms with Crippen molar-refractivity contribution >= 4 is 0 Å². The number of aliphatic hydroxyl groups excluding tert-OH is 1. The summed E-state index contributed by atoms with van der Waals surface area (Å²) < 4.78 is 0. The first-order chi connectivity index (χ1) is 4.38. The maximum atomic E-state index is 8.81. The topological polar surface area (TPSA) is 32.3 Å². The molecule has 0 radical (unpaired) electrons. The average molecular weight is 129 g/mol. The zero-order chi connectivity index (χ0) is 6.69. The van der Waals surface area contributed by atoms with Gasteiger partial charge in [-0.25, -0.2) is 0 Å². The summed E-state index contributed by atoms with van der Waals surface area (Å²) >= 11 is 0. The molecule has 2 heteroatoms. The molecule has 1 saturated heterocycles. The highest BCUT2D eigenvalue weighted by molar-refractivity contribution is 4.81. The lowest BCUT2D eigenvalue weighted by Gasteiger charge is -2.13. The molecule has 1 rings (SSSR count). The second-order valence-electron chi connectivity index (χ2n) is 2.70. The second-order valence-corrected chi connectivity index (χ2v) is 2.70. The Morgan fingerprint density at radius 2 is 2.44 bits per heavy atom. The standard InChI is InChI=1S/C7H15NO/c1-2-6-3-4-8-7(6)5-9/h6-9H,2-5H2,1H3/t6-,7+/m0/s1. The van der Waals surface area contributed by atoms with Crippen LogP contribution in [-0.2, 0) is 0 Å². The van der Waals surface area contributed by atoms with Crippen LogP contribution in [0.25, 0.3) is 0 Å². The highest BCUT2D eigenvalue weighted by atomic mass is 16.3. The van der Waals surface area contributed by atoms with Crippen LogP contribution in [0, 0.1) is 5.92 Å². The first-order valence-corrected chi connectivity index (χ1v) is 3.72. The Kier molecular flexibility index (Phi) is 2.49. The first-order valence-electron chi connectivity index (χ1n) is 3.72. The van der Waals surface area contributed by atoms with Crippen molar-refractivity contribution < 1.29 is 5.11 Å². The van der Waals surface area contributed by atoms with E-state index in [4.69, 9.17) is 5.11 Å². The van der Waals surface area contributed by atoms with Gasteiger partial charge in [-0.2, -0.15) is 0 Å². The molecule has 0 saturated carbocycles. The minimum Gasteiger partial charge on any atom is -0.395 e. The fourth-order valence-electron chi connectivity index (χ4n) is 1.52. The highest BCUT2D eigenvalue weighted by Gasteiger charge is 2.23. The van der Waals surface area contributed by atoms with Crippen LogP contribution in [0.5, 0.6) is 0 Å². The minimum atomic E-state index is 0.304. The van der Waals surface area contributed by atoms with Crippen molar-refractivity contribution in [1.29, 1.82) is 0 Å². The number of aliphatic hydroxyl groups is 1. The average Bonchev–Trinajstić information content (AvgIpc) is 2.33. The van der Waals surface area contributed by atoms with E-state index in [2.05, 4.69) is 12.2 Å². The van der Waals surface area contributed by atoms with E-state index in [0.717, 1.165) is 12.5 Å². The first kappa shape index (κ1) is 7.03. The summed E-state index contributed by atoms with van der Waals surface area (Å²) in [5.74, 6) is 0.718. The Balaban J connectivity index is 2.32. The molecule has 1 aliphatic heterocycles. The molecule has 0 aromatic carbocycles. The molecular weight excluding hydrogens is 114 g/mol. The summed E-state index contributed by atoms with van der Waals surface area (Å²) in [6.07, 6.45) is 2.43. The maximum Gasteiger partial charge on any atom is 0.0587 e. The van der Waals surface area contributed by atoms with Gasteiger partial charge < -0.3 is 10.4 Å². The van der Waals surface area contributed by atoms with E-state index in [1.54, 1.807) is 0 Å². The lowest BCUT2D eigenvalue weighted by Crippen LogP contribution is -2.30. The molecule has 2 nitrogen and oxygen atoms in total. The molecule has 0 amide bonds. The van der Waals surface area contributed by atoms with E-state index in [0.29, 0.717) is 12.6 Å². The quantitative estimate of drug-likeness (QED) is 0.564. The number of rotatable bonds is 2. The predicted octanol–water partition coefficient (Wildman–Crippen LogP) is 0.367. The number of hydrogen-bond donors (Lipinski definition) is 2. The van der Waals surface area contributed by atoms with E-state index in [9.17, 15) is 0 Å². The Morgan fingerprint density at radius 3 is 2.89 bits per heavy atom. The Hall–Kier alpha value is -0.0800. The highest BCUT2D eigenvalue weighted by Crippen LogP contribution is 2.17. The Labute approximate surface area is 56.3 Å². The van der Waals surface area contributed by atoms with E-state index in [1.807, 2.05) is 0 Å². The van der Waals surface area contributed by atoms with Crippen molar-refractivity contribution in [3.63, 3.8) is 0 Å². The van der Waals surface area contributed by atoms with E-state index in [1.165, 1.54) is 12.8 Å². The number of hydrogen-bond acceptors (Lipinski definition) is 2. The third-order valence-electron chi connectivity index (χ3n) is 2.21. The molecule has 0 bridgehead atoms. The van der Waals surface area contributed by atoms with Gasteiger partial charge in [0.15, 0.2) is 0 Å². The van der Waals surface area contributed by atoms with E-state index < -0.39 is 0 Å². The fraction of sp³-hybridized carbons (Fsp3) is 1.00. The summed E-state index contributed by atoms with van der Waals surface area (Å²) in [4.78, 5) is 0. The maximum absolute atomic E-state index is 8.81. The van der Waals surface area contributed by atoms with Gasteiger partial charge in [-0.3, -0.25) is 0 Å². The van der Waals surface area contributed by atoms with Crippen LogP contribution in [0.4, 0.5) is 0 Å². The van der Waals surface area contributed by atoms with Gasteiger partial charge >= 0.3 is 0 Å². The van der Waals surface area contributed by atoms with Crippen molar-refractivity contribution in [3.05, 3.63) is 0 Å². The summed E-state index contributed by atoms with van der Waals surface area (Å²) in [7, 11) is 0. The molecule has 0 aromatic rings. The van der Waals surface area contributed by atoms with Crippen molar-refractivity contribution in [2.24, 2.45) is 5.92 Å². The molecule has 1 aliphatic rings. The second kappa shape index (κ2) is 3.18. The van der Waals surface area contributed by atoms with Gasteiger partial charge in [-0.05, 0) is 18.9 Å². The smallest absolute Gasteiger partial charge is 0.0587 e. The fourth-order valence-corrected chi connectivity index (χ4v) is 1.52. The van der Waals surface area contributed by atoms with Crippen molar-refractivity contribution in [2.75, 3.05) is 13.2 Å². The van der Waals surface area contributed by atoms with Crippen LogP contribution in [-0.4, -0.2) is 24.3 Å². The number of nitrogens with one attached hydrogen (secondary N) is 1. The lowest BCUT2D eigenvalue weighted by molar-refractivity contribution is 0.225. The summed E-state index contributed by atoms with van der Waals surface area (Å²) in [5.41, 5.74) is 0. The van der Waals surface area contributed by atoms with Crippen molar-refractivity contribution in [3.8, 4) is 0 Å². The van der Waals surface area contributed by atoms with Gasteiger partial charge in [0.1, 0.15) is 0 Å². The largest absolute Gasteiger partial charge is 0.395 e. The van der Waals surface area contributed by atoms with Gasteiger partial charge in [0, 0.05) is 6.04 Å². The summed E-state index contributed by atoms with van der Waals surface area (Å²) in [6.45, 7) is 3.57. The van der Waals surface area contributed by atoms with Gasteiger partial charge in [-0.15, -0.1) is 0 Å². The van der Waals surface area contributed by atoms with Crippen LogP contribution in [0.1, 0.15) is 19.8 Å². The monoisotopic (exact) mass is 129 g/mol. The van der Waals surface area contributed by atoms with E-state index >= 15 is 0 Å². The lowest BCUT2D eigenvalue weighted by atomic mass is 9.99. The zero-order valence-electron chi connectivity index (χ0n) is 5.93. The molecule has 2 atom stereocenters. The molecule has 0 aromatic heterocycles. The Morgan fingerprint density at radius 1 is 1.67 bits per heavy atom. The van der Waals surface area contributed by atoms with Gasteiger partial charge in [0.2, 0.25) is 0 Å². The van der Waals surface area contributed by atoms with Crippen molar-refractivity contribution in [2.45, 2.75) is 25.8 Å². The molecule has 9 heavy (non-hydrogen) atoms. The van der Waals surface area contributed by atoms with E-state index in [-0.39, 0.29) is 0 Å². The molecule has 0 aliphatic carbocycles. The molecule has 1 fully saturated rings. The molecule has 0 unspecified atom stereocenters. The van der Waals surface area contributed by atoms with Crippen LogP contribution < -0.4 is 5.32 Å².